The van der Waals surface area contributed by atoms with E-state index in [0.29, 0.717) is 12.4 Å². The Morgan fingerprint density at radius 3 is 2.70 bits per heavy atom. The first-order valence-corrected chi connectivity index (χ1v) is 6.64. The molecule has 0 atom stereocenters. The summed E-state index contributed by atoms with van der Waals surface area (Å²) < 4.78 is 5.83. The zero-order valence-electron chi connectivity index (χ0n) is 12.2. The third-order valence-electron chi connectivity index (χ3n) is 3.12. The molecule has 0 aliphatic heterocycles. The smallest absolute Gasteiger partial charge is 0.146 e. The molecule has 0 aliphatic carbocycles. The second kappa shape index (κ2) is 5.92. The second-order valence-corrected chi connectivity index (χ2v) is 5.72. The summed E-state index contributed by atoms with van der Waals surface area (Å²) in [5.74, 6) is 6.92. The monoisotopic (exact) mass is 271 g/mol. The molecule has 20 heavy (non-hydrogen) atoms. The fourth-order valence-electron chi connectivity index (χ4n) is 1.90. The molecular weight excluding hydrogens is 250 g/mol. The first kappa shape index (κ1) is 14.3. The highest BCUT2D eigenvalue weighted by Crippen LogP contribution is 2.26. The molecular formula is C16H21N3O. The molecule has 0 radical (unpaired) electrons. The van der Waals surface area contributed by atoms with Crippen LogP contribution in [0.25, 0.3) is 0 Å². The predicted octanol–water partition coefficient (Wildman–Crippen LogP) is 3.24. The lowest BCUT2D eigenvalue weighted by Crippen LogP contribution is -2.12. The van der Waals surface area contributed by atoms with Gasteiger partial charge in [-0.3, -0.25) is 0 Å². The number of nitrogen functional groups attached to an aromatic ring is 1. The molecule has 106 valence electrons. The predicted molar refractivity (Wildman–Crippen MR) is 81.5 cm³/mol. The number of ether oxygens (including phenoxy) is 1. The SMILES string of the molecule is CC(C)(C)c1cccc(OCc2cccnc2NN)c1. The second-order valence-electron chi connectivity index (χ2n) is 5.72. The maximum Gasteiger partial charge on any atom is 0.146 e. The van der Waals surface area contributed by atoms with Crippen molar-refractivity contribution < 1.29 is 4.74 Å². The van der Waals surface area contributed by atoms with Crippen LogP contribution < -0.4 is 16.0 Å². The molecule has 0 saturated carbocycles. The minimum absolute atomic E-state index is 0.109. The third-order valence-corrected chi connectivity index (χ3v) is 3.12. The van der Waals surface area contributed by atoms with Crippen LogP contribution in [-0.4, -0.2) is 4.98 Å². The highest BCUT2D eigenvalue weighted by atomic mass is 16.5. The zero-order valence-corrected chi connectivity index (χ0v) is 12.2. The lowest BCUT2D eigenvalue weighted by atomic mass is 9.87. The van der Waals surface area contributed by atoms with Crippen LogP contribution in [0.5, 0.6) is 5.75 Å². The van der Waals surface area contributed by atoms with Gasteiger partial charge >= 0.3 is 0 Å². The van der Waals surface area contributed by atoms with E-state index in [-0.39, 0.29) is 5.41 Å². The summed E-state index contributed by atoms with van der Waals surface area (Å²) in [7, 11) is 0. The van der Waals surface area contributed by atoms with Gasteiger partial charge in [-0.1, -0.05) is 39.0 Å². The van der Waals surface area contributed by atoms with Crippen LogP contribution in [0.15, 0.2) is 42.6 Å². The normalized spacial score (nSPS) is 11.2. The molecule has 0 unspecified atom stereocenters. The van der Waals surface area contributed by atoms with Gasteiger partial charge in [-0.05, 0) is 29.2 Å². The van der Waals surface area contributed by atoms with Crippen molar-refractivity contribution in [1.29, 1.82) is 0 Å². The Morgan fingerprint density at radius 2 is 2.00 bits per heavy atom. The number of aromatic nitrogens is 1. The third kappa shape index (κ3) is 3.48. The van der Waals surface area contributed by atoms with Crippen LogP contribution in [0, 0.1) is 0 Å². The number of hydrazine groups is 1. The summed E-state index contributed by atoms with van der Waals surface area (Å²) in [5.41, 5.74) is 4.86. The van der Waals surface area contributed by atoms with Crippen molar-refractivity contribution in [3.8, 4) is 5.75 Å². The van der Waals surface area contributed by atoms with Gasteiger partial charge in [0.1, 0.15) is 18.2 Å². The number of hydrogen-bond acceptors (Lipinski definition) is 4. The van der Waals surface area contributed by atoms with Crippen molar-refractivity contribution in [2.24, 2.45) is 5.84 Å². The molecule has 0 saturated heterocycles. The summed E-state index contributed by atoms with van der Waals surface area (Å²) in [4.78, 5) is 4.15. The lowest BCUT2D eigenvalue weighted by molar-refractivity contribution is 0.305. The average Bonchev–Trinajstić information content (AvgIpc) is 2.45. The van der Waals surface area contributed by atoms with E-state index >= 15 is 0 Å². The van der Waals surface area contributed by atoms with E-state index in [4.69, 9.17) is 10.6 Å². The largest absolute Gasteiger partial charge is 0.489 e. The number of pyridine rings is 1. The molecule has 3 N–H and O–H groups in total. The van der Waals surface area contributed by atoms with Crippen molar-refractivity contribution in [3.63, 3.8) is 0 Å². The average molecular weight is 271 g/mol. The molecule has 2 aromatic rings. The minimum Gasteiger partial charge on any atom is -0.489 e. The number of nitrogens with two attached hydrogens (primary N) is 1. The van der Waals surface area contributed by atoms with E-state index in [1.807, 2.05) is 24.3 Å². The molecule has 1 aromatic heterocycles. The van der Waals surface area contributed by atoms with Gasteiger partial charge in [0, 0.05) is 11.8 Å². The van der Waals surface area contributed by atoms with Gasteiger partial charge in [-0.2, -0.15) is 0 Å². The number of hydrogen-bond donors (Lipinski definition) is 2. The van der Waals surface area contributed by atoms with Gasteiger partial charge in [0.25, 0.3) is 0 Å². The van der Waals surface area contributed by atoms with Crippen molar-refractivity contribution >= 4 is 5.82 Å². The van der Waals surface area contributed by atoms with Crippen molar-refractivity contribution in [3.05, 3.63) is 53.7 Å². The van der Waals surface area contributed by atoms with Crippen molar-refractivity contribution in [2.45, 2.75) is 32.8 Å². The molecule has 1 aromatic carbocycles. The van der Waals surface area contributed by atoms with Gasteiger partial charge in [0.2, 0.25) is 0 Å². The van der Waals surface area contributed by atoms with E-state index in [2.05, 4.69) is 43.3 Å². The van der Waals surface area contributed by atoms with Crippen molar-refractivity contribution in [2.75, 3.05) is 5.43 Å². The van der Waals surface area contributed by atoms with Crippen molar-refractivity contribution in [1.82, 2.24) is 4.98 Å². The molecule has 0 spiro atoms. The van der Waals surface area contributed by atoms with Crippen LogP contribution in [-0.2, 0) is 12.0 Å². The van der Waals surface area contributed by atoms with Gasteiger partial charge in [0.15, 0.2) is 0 Å². The maximum atomic E-state index is 5.83. The Morgan fingerprint density at radius 1 is 1.20 bits per heavy atom. The molecule has 4 nitrogen and oxygen atoms in total. The quantitative estimate of drug-likeness (QED) is 0.662. The number of anilines is 1. The highest BCUT2D eigenvalue weighted by molar-refractivity contribution is 5.42. The van der Waals surface area contributed by atoms with Gasteiger partial charge < -0.3 is 10.2 Å². The Bertz CT molecular complexity index is 576. The van der Waals surface area contributed by atoms with Crippen LogP contribution in [0.1, 0.15) is 31.9 Å². The summed E-state index contributed by atoms with van der Waals surface area (Å²) in [6, 6.07) is 12.0. The highest BCUT2D eigenvalue weighted by Gasteiger charge is 2.14. The van der Waals surface area contributed by atoms with Crippen LogP contribution in [0.4, 0.5) is 5.82 Å². The first-order chi connectivity index (χ1) is 9.50. The van der Waals surface area contributed by atoms with Gasteiger partial charge in [-0.15, -0.1) is 0 Å². The Labute approximate surface area is 120 Å². The first-order valence-electron chi connectivity index (χ1n) is 6.64. The number of benzene rings is 1. The number of nitrogens with zero attached hydrogens (tertiary/aromatic N) is 1. The summed E-state index contributed by atoms with van der Waals surface area (Å²) in [5, 5.41) is 0. The molecule has 2 rings (SSSR count). The fraction of sp³-hybridized carbons (Fsp3) is 0.312. The standard InChI is InChI=1S/C16H21N3O/c1-16(2,3)13-7-4-8-14(10-13)20-11-12-6-5-9-18-15(12)19-17/h4-10H,11,17H2,1-3H3,(H,18,19). The Kier molecular flexibility index (Phi) is 4.25. The maximum absolute atomic E-state index is 5.83. The van der Waals surface area contributed by atoms with E-state index < -0.39 is 0 Å². The molecule has 0 fully saturated rings. The molecule has 4 heteroatoms. The number of rotatable bonds is 4. The Hall–Kier alpha value is -2.07. The zero-order chi connectivity index (χ0) is 14.6. The molecule has 0 bridgehead atoms. The Balaban J connectivity index is 2.11. The number of nitrogens with one attached hydrogen (secondary N) is 1. The fourth-order valence-corrected chi connectivity index (χ4v) is 1.90. The van der Waals surface area contributed by atoms with Crippen LogP contribution in [0.2, 0.25) is 0 Å². The molecule has 0 amide bonds. The van der Waals surface area contributed by atoms with Gasteiger partial charge in [0.05, 0.1) is 0 Å². The van der Waals surface area contributed by atoms with E-state index in [1.54, 1.807) is 6.20 Å². The minimum atomic E-state index is 0.109. The molecule has 0 aliphatic rings. The summed E-state index contributed by atoms with van der Waals surface area (Å²) in [6.45, 7) is 6.98. The molecule has 1 heterocycles. The van der Waals surface area contributed by atoms with E-state index in [0.717, 1.165) is 11.3 Å². The topological polar surface area (TPSA) is 60.2 Å². The summed E-state index contributed by atoms with van der Waals surface area (Å²) in [6.07, 6.45) is 1.69. The van der Waals surface area contributed by atoms with Crippen LogP contribution >= 0.6 is 0 Å². The van der Waals surface area contributed by atoms with Crippen LogP contribution in [0.3, 0.4) is 0 Å². The van der Waals surface area contributed by atoms with E-state index in [1.165, 1.54) is 5.56 Å². The lowest BCUT2D eigenvalue weighted by Gasteiger charge is -2.20. The van der Waals surface area contributed by atoms with Gasteiger partial charge in [-0.25, -0.2) is 10.8 Å². The van der Waals surface area contributed by atoms with E-state index in [9.17, 15) is 0 Å². The summed E-state index contributed by atoms with van der Waals surface area (Å²) >= 11 is 0.